The molecule has 1 aliphatic heterocycles. The Hall–Kier alpha value is -2.13. The fourth-order valence-corrected chi connectivity index (χ4v) is 3.08. The summed E-state index contributed by atoms with van der Waals surface area (Å²) < 4.78 is 0. The van der Waals surface area contributed by atoms with Crippen LogP contribution >= 0.6 is 0 Å². The number of benzene rings is 2. The number of carbonyl (C=O) groups is 1. The van der Waals surface area contributed by atoms with Gasteiger partial charge in [-0.3, -0.25) is 9.69 Å². The van der Waals surface area contributed by atoms with Crippen LogP contribution in [0.4, 0.5) is 0 Å². The van der Waals surface area contributed by atoms with Crippen molar-refractivity contribution in [2.24, 2.45) is 5.73 Å². The van der Waals surface area contributed by atoms with Gasteiger partial charge < -0.3 is 5.73 Å². The van der Waals surface area contributed by atoms with Crippen LogP contribution in [0.1, 0.15) is 29.5 Å². The zero-order valence-corrected chi connectivity index (χ0v) is 12.2. The van der Waals surface area contributed by atoms with Gasteiger partial charge in [0, 0.05) is 19.0 Å². The quantitative estimate of drug-likeness (QED) is 0.939. The van der Waals surface area contributed by atoms with E-state index < -0.39 is 0 Å². The van der Waals surface area contributed by atoms with Crippen LogP contribution in [0.15, 0.2) is 54.6 Å². The van der Waals surface area contributed by atoms with Crippen LogP contribution in [0, 0.1) is 0 Å². The number of fused-ring (bicyclic) bond motifs is 1. The maximum Gasteiger partial charge on any atom is 0.234 e. The second-order valence-corrected chi connectivity index (χ2v) is 5.67. The Labute approximate surface area is 125 Å². The minimum atomic E-state index is -0.263. The third-order valence-corrected chi connectivity index (χ3v) is 4.38. The highest BCUT2D eigenvalue weighted by Gasteiger charge is 2.30. The first kappa shape index (κ1) is 13.8. The molecule has 0 bridgehead atoms. The molecule has 0 aromatic heterocycles. The molecule has 3 rings (SSSR count). The summed E-state index contributed by atoms with van der Waals surface area (Å²) in [6.45, 7) is 3.49. The van der Waals surface area contributed by atoms with Gasteiger partial charge in [-0.1, -0.05) is 54.6 Å². The zero-order chi connectivity index (χ0) is 14.8. The van der Waals surface area contributed by atoms with Gasteiger partial charge in [0.25, 0.3) is 0 Å². The maximum atomic E-state index is 11.5. The van der Waals surface area contributed by atoms with E-state index in [2.05, 4.69) is 53.4 Å². The molecule has 0 aliphatic carbocycles. The predicted octanol–water partition coefficient (Wildman–Crippen LogP) is 2.51. The molecule has 2 aromatic carbocycles. The molecule has 1 amide bonds. The molecule has 0 unspecified atom stereocenters. The van der Waals surface area contributed by atoms with Crippen LogP contribution in [-0.2, 0) is 11.3 Å². The van der Waals surface area contributed by atoms with E-state index in [1.54, 1.807) is 0 Å². The van der Waals surface area contributed by atoms with Crippen molar-refractivity contribution >= 4 is 5.91 Å². The average Bonchev–Trinajstić information content (AvgIpc) is 2.53. The summed E-state index contributed by atoms with van der Waals surface area (Å²) in [5.74, 6) is 0.0270. The van der Waals surface area contributed by atoms with Gasteiger partial charge in [-0.15, -0.1) is 0 Å². The lowest BCUT2D eigenvalue weighted by Crippen LogP contribution is -2.46. The van der Waals surface area contributed by atoms with Gasteiger partial charge in [-0.05, 0) is 23.6 Å². The number of hydrogen-bond acceptors (Lipinski definition) is 2. The molecule has 3 heteroatoms. The van der Waals surface area contributed by atoms with Gasteiger partial charge in [0.2, 0.25) is 5.91 Å². The van der Waals surface area contributed by atoms with E-state index >= 15 is 0 Å². The van der Waals surface area contributed by atoms with Crippen LogP contribution in [0.2, 0.25) is 0 Å². The molecule has 0 spiro atoms. The first-order valence-electron chi connectivity index (χ1n) is 7.33. The summed E-state index contributed by atoms with van der Waals surface area (Å²) in [7, 11) is 0. The molecular weight excluding hydrogens is 260 g/mol. The predicted molar refractivity (Wildman–Crippen MR) is 83.8 cm³/mol. The molecule has 0 saturated heterocycles. The van der Waals surface area contributed by atoms with Crippen LogP contribution in [0.3, 0.4) is 0 Å². The van der Waals surface area contributed by atoms with Gasteiger partial charge in [0.05, 0.1) is 6.04 Å². The van der Waals surface area contributed by atoms with Crippen LogP contribution in [0.25, 0.3) is 0 Å². The molecule has 0 saturated carbocycles. The van der Waals surface area contributed by atoms with E-state index in [0.29, 0.717) is 0 Å². The van der Waals surface area contributed by atoms with Crippen molar-refractivity contribution in [3.8, 4) is 0 Å². The second-order valence-electron chi connectivity index (χ2n) is 5.67. The summed E-state index contributed by atoms with van der Waals surface area (Å²) in [4.78, 5) is 13.7. The average molecular weight is 280 g/mol. The number of hydrogen-bond donors (Lipinski definition) is 1. The molecule has 1 aliphatic rings. The lowest BCUT2D eigenvalue weighted by atomic mass is 9.84. The highest BCUT2D eigenvalue weighted by atomic mass is 16.1. The molecule has 0 fully saturated rings. The molecule has 0 radical (unpaired) electrons. The standard InChI is InChI=1S/C18H20N2O/c1-13(18(19)21)20-11-15-9-5-6-10-16(15)17(12-20)14-7-3-2-4-8-14/h2-10,13,17H,11-12H2,1H3,(H2,19,21)/t13-,17-/m1/s1. The molecule has 1 heterocycles. The maximum absolute atomic E-state index is 11.5. The summed E-state index contributed by atoms with van der Waals surface area (Å²) >= 11 is 0. The monoisotopic (exact) mass is 280 g/mol. The largest absolute Gasteiger partial charge is 0.368 e. The van der Waals surface area contributed by atoms with Gasteiger partial charge in [0.1, 0.15) is 0 Å². The second kappa shape index (κ2) is 5.70. The fraction of sp³-hybridized carbons (Fsp3) is 0.278. The lowest BCUT2D eigenvalue weighted by molar-refractivity contribution is -0.123. The van der Waals surface area contributed by atoms with E-state index in [4.69, 9.17) is 5.73 Å². The van der Waals surface area contributed by atoms with Crippen molar-refractivity contribution < 1.29 is 4.79 Å². The molecule has 108 valence electrons. The number of primary amides is 1. The molecule has 2 N–H and O–H groups in total. The molecule has 2 atom stereocenters. The minimum Gasteiger partial charge on any atom is -0.368 e. The third kappa shape index (κ3) is 2.69. The summed E-state index contributed by atoms with van der Waals surface area (Å²) in [5, 5.41) is 0. The number of amides is 1. The normalized spacial score (nSPS) is 19.8. The Morgan fingerprint density at radius 2 is 1.81 bits per heavy atom. The number of nitrogens with two attached hydrogens (primary N) is 1. The summed E-state index contributed by atoms with van der Waals surface area (Å²) in [5.41, 5.74) is 9.41. The smallest absolute Gasteiger partial charge is 0.234 e. The first-order chi connectivity index (χ1) is 10.2. The van der Waals surface area contributed by atoms with E-state index in [1.165, 1.54) is 16.7 Å². The van der Waals surface area contributed by atoms with Crippen molar-refractivity contribution in [3.05, 3.63) is 71.3 Å². The molecular formula is C18H20N2O. The van der Waals surface area contributed by atoms with Crippen LogP contribution in [-0.4, -0.2) is 23.4 Å². The molecule has 21 heavy (non-hydrogen) atoms. The fourth-order valence-electron chi connectivity index (χ4n) is 3.08. The van der Waals surface area contributed by atoms with Gasteiger partial charge in [0.15, 0.2) is 0 Å². The highest BCUT2D eigenvalue weighted by Crippen LogP contribution is 2.34. The van der Waals surface area contributed by atoms with E-state index in [9.17, 15) is 4.79 Å². The Kier molecular flexibility index (Phi) is 3.76. The van der Waals surface area contributed by atoms with Gasteiger partial charge in [-0.25, -0.2) is 0 Å². The Balaban J connectivity index is 2.00. The summed E-state index contributed by atoms with van der Waals surface area (Å²) in [6, 6.07) is 18.7. The van der Waals surface area contributed by atoms with E-state index in [-0.39, 0.29) is 17.9 Å². The van der Waals surface area contributed by atoms with E-state index in [0.717, 1.165) is 13.1 Å². The summed E-state index contributed by atoms with van der Waals surface area (Å²) in [6.07, 6.45) is 0. The van der Waals surface area contributed by atoms with E-state index in [1.807, 2.05) is 13.0 Å². The Morgan fingerprint density at radius 3 is 2.52 bits per heavy atom. The van der Waals surface area contributed by atoms with Crippen molar-refractivity contribution in [2.45, 2.75) is 25.4 Å². The van der Waals surface area contributed by atoms with Crippen LogP contribution in [0.5, 0.6) is 0 Å². The van der Waals surface area contributed by atoms with Crippen molar-refractivity contribution in [1.82, 2.24) is 4.90 Å². The Morgan fingerprint density at radius 1 is 1.14 bits per heavy atom. The topological polar surface area (TPSA) is 46.3 Å². The van der Waals surface area contributed by atoms with Crippen molar-refractivity contribution in [2.75, 3.05) is 6.54 Å². The first-order valence-corrected chi connectivity index (χ1v) is 7.33. The van der Waals surface area contributed by atoms with Crippen molar-refractivity contribution in [3.63, 3.8) is 0 Å². The zero-order valence-electron chi connectivity index (χ0n) is 12.2. The van der Waals surface area contributed by atoms with Gasteiger partial charge >= 0.3 is 0 Å². The molecule has 3 nitrogen and oxygen atoms in total. The Bertz CT molecular complexity index is 639. The number of nitrogens with zero attached hydrogens (tertiary/aromatic N) is 1. The minimum absolute atomic E-state index is 0.246. The van der Waals surface area contributed by atoms with Crippen LogP contribution < -0.4 is 5.73 Å². The van der Waals surface area contributed by atoms with Crippen molar-refractivity contribution in [1.29, 1.82) is 0 Å². The highest BCUT2D eigenvalue weighted by molar-refractivity contribution is 5.79. The lowest BCUT2D eigenvalue weighted by Gasteiger charge is -2.37. The van der Waals surface area contributed by atoms with Gasteiger partial charge in [-0.2, -0.15) is 0 Å². The SMILES string of the molecule is C[C@H](C(N)=O)N1Cc2ccccc2[C@@H](c2ccccc2)C1. The number of carbonyl (C=O) groups excluding carboxylic acids is 1. The third-order valence-electron chi connectivity index (χ3n) is 4.38. The number of rotatable bonds is 3. The molecule has 2 aromatic rings.